The molecule has 118 valence electrons. The van der Waals surface area contributed by atoms with Crippen LogP contribution in [0.5, 0.6) is 0 Å². The first kappa shape index (κ1) is 17.7. The van der Waals surface area contributed by atoms with Crippen LogP contribution in [0.15, 0.2) is 12.2 Å². The Labute approximate surface area is 127 Å². The average molecular weight is 280 g/mol. The Hall–Kier alpha value is -0.340. The minimum Gasteiger partial charge on any atom is -0.309 e. The third-order valence-electron chi connectivity index (χ3n) is 4.60. The van der Waals surface area contributed by atoms with Gasteiger partial charge in [0, 0.05) is 18.6 Å². The van der Waals surface area contributed by atoms with E-state index in [1.807, 2.05) is 0 Å². The van der Waals surface area contributed by atoms with Crippen molar-refractivity contribution in [2.45, 2.75) is 84.2 Å². The highest BCUT2D eigenvalue weighted by Crippen LogP contribution is 2.22. The number of likely N-dealkylation sites (tertiary alicyclic amines) is 1. The van der Waals surface area contributed by atoms with E-state index in [2.05, 4.69) is 37.6 Å². The first-order chi connectivity index (χ1) is 9.70. The van der Waals surface area contributed by atoms with Gasteiger partial charge >= 0.3 is 0 Å². The fraction of sp³-hybridized carbons (Fsp3) is 0.889. The molecule has 0 spiro atoms. The third-order valence-corrected chi connectivity index (χ3v) is 4.60. The molecule has 20 heavy (non-hydrogen) atoms. The maximum Gasteiger partial charge on any atom is 0.0444 e. The van der Waals surface area contributed by atoms with Gasteiger partial charge in [0.2, 0.25) is 0 Å². The van der Waals surface area contributed by atoms with E-state index in [1.54, 1.807) is 0 Å². The first-order valence-electron chi connectivity index (χ1n) is 8.85. The van der Waals surface area contributed by atoms with Gasteiger partial charge in [0.1, 0.15) is 0 Å². The molecule has 1 fully saturated rings. The summed E-state index contributed by atoms with van der Waals surface area (Å²) in [7, 11) is 0. The minimum atomic E-state index is 0.516. The molecule has 0 saturated carbocycles. The van der Waals surface area contributed by atoms with E-state index < -0.39 is 0 Å². The van der Waals surface area contributed by atoms with E-state index in [0.29, 0.717) is 12.1 Å². The second kappa shape index (κ2) is 10.4. The van der Waals surface area contributed by atoms with E-state index in [0.717, 1.165) is 13.1 Å². The largest absolute Gasteiger partial charge is 0.309 e. The van der Waals surface area contributed by atoms with E-state index in [1.165, 1.54) is 63.5 Å². The standard InChI is InChI=1S/C18H36N2/c1-5-7-9-11-13-19-18-16(3)15-20(17(18)4)14-12-10-8-6-2/h17-19H,3,5-15H2,1-2,4H3/t17-,18-/m1/s1. The van der Waals surface area contributed by atoms with Gasteiger partial charge in [0.05, 0.1) is 0 Å². The van der Waals surface area contributed by atoms with Crippen molar-refractivity contribution in [1.29, 1.82) is 0 Å². The zero-order valence-electron chi connectivity index (χ0n) is 14.1. The van der Waals surface area contributed by atoms with Crippen LogP contribution < -0.4 is 5.32 Å². The molecule has 1 rings (SSSR count). The summed E-state index contributed by atoms with van der Waals surface area (Å²) in [5.41, 5.74) is 1.39. The number of hydrogen-bond donors (Lipinski definition) is 1. The highest BCUT2D eigenvalue weighted by molar-refractivity contribution is 5.18. The Morgan fingerprint density at radius 3 is 2.35 bits per heavy atom. The second-order valence-corrected chi connectivity index (χ2v) is 6.42. The highest BCUT2D eigenvalue weighted by Gasteiger charge is 2.32. The SMILES string of the molecule is C=C1CN(CCCCCC)[C@H](C)[C@@H]1NCCCCCC. The Morgan fingerprint density at radius 1 is 1.05 bits per heavy atom. The molecule has 1 N–H and O–H groups in total. The zero-order chi connectivity index (χ0) is 14.8. The third kappa shape index (κ3) is 5.97. The summed E-state index contributed by atoms with van der Waals surface area (Å²) in [6, 6.07) is 1.14. The van der Waals surface area contributed by atoms with Gasteiger partial charge in [0.15, 0.2) is 0 Å². The average Bonchev–Trinajstić information content (AvgIpc) is 2.70. The van der Waals surface area contributed by atoms with Gasteiger partial charge in [0.25, 0.3) is 0 Å². The molecule has 2 heteroatoms. The van der Waals surface area contributed by atoms with Crippen LogP contribution in [0.25, 0.3) is 0 Å². The molecule has 0 amide bonds. The molecule has 1 heterocycles. The van der Waals surface area contributed by atoms with Gasteiger partial charge in [-0.3, -0.25) is 4.90 Å². The molecule has 2 atom stereocenters. The van der Waals surface area contributed by atoms with Gasteiger partial charge in [-0.25, -0.2) is 0 Å². The molecule has 2 nitrogen and oxygen atoms in total. The Kier molecular flexibility index (Phi) is 9.21. The molecule has 0 aromatic carbocycles. The Bertz CT molecular complexity index is 262. The summed E-state index contributed by atoms with van der Waals surface area (Å²) in [4.78, 5) is 2.61. The van der Waals surface area contributed by atoms with Crippen molar-refractivity contribution in [1.82, 2.24) is 10.2 Å². The summed E-state index contributed by atoms with van der Waals surface area (Å²) < 4.78 is 0. The summed E-state index contributed by atoms with van der Waals surface area (Å²) >= 11 is 0. The van der Waals surface area contributed by atoms with Crippen LogP contribution in [0.4, 0.5) is 0 Å². The maximum absolute atomic E-state index is 4.29. The molecule has 0 aromatic heterocycles. The number of hydrogen-bond acceptors (Lipinski definition) is 2. The van der Waals surface area contributed by atoms with Crippen molar-refractivity contribution < 1.29 is 0 Å². The molecule has 0 radical (unpaired) electrons. The normalized spacial score (nSPS) is 23.6. The molecular weight excluding hydrogens is 244 g/mol. The van der Waals surface area contributed by atoms with Gasteiger partial charge in [-0.05, 0) is 38.4 Å². The van der Waals surface area contributed by atoms with Crippen molar-refractivity contribution in [3.8, 4) is 0 Å². The van der Waals surface area contributed by atoms with Gasteiger partial charge in [-0.1, -0.05) is 59.0 Å². The highest BCUT2D eigenvalue weighted by atomic mass is 15.2. The van der Waals surface area contributed by atoms with Crippen LogP contribution >= 0.6 is 0 Å². The summed E-state index contributed by atoms with van der Waals surface area (Å²) in [5, 5.41) is 3.73. The summed E-state index contributed by atoms with van der Waals surface area (Å²) in [6.45, 7) is 14.7. The second-order valence-electron chi connectivity index (χ2n) is 6.42. The van der Waals surface area contributed by atoms with Crippen molar-refractivity contribution in [2.75, 3.05) is 19.6 Å². The summed E-state index contributed by atoms with van der Waals surface area (Å²) in [6.07, 6.45) is 10.8. The van der Waals surface area contributed by atoms with E-state index in [9.17, 15) is 0 Å². The molecule has 0 aromatic rings. The molecule has 1 aliphatic rings. The minimum absolute atomic E-state index is 0.516. The number of nitrogens with zero attached hydrogens (tertiary/aromatic N) is 1. The zero-order valence-corrected chi connectivity index (χ0v) is 14.1. The number of unbranched alkanes of at least 4 members (excludes halogenated alkanes) is 6. The predicted molar refractivity (Wildman–Crippen MR) is 90.2 cm³/mol. The van der Waals surface area contributed by atoms with Crippen molar-refractivity contribution in [3.63, 3.8) is 0 Å². The fourth-order valence-electron chi connectivity index (χ4n) is 3.20. The van der Waals surface area contributed by atoms with Gasteiger partial charge < -0.3 is 5.32 Å². The molecule has 0 aliphatic carbocycles. The smallest absolute Gasteiger partial charge is 0.0444 e. The van der Waals surface area contributed by atoms with Crippen LogP contribution in [0.1, 0.15) is 72.1 Å². The van der Waals surface area contributed by atoms with Crippen LogP contribution in [0, 0.1) is 0 Å². The van der Waals surface area contributed by atoms with Crippen LogP contribution in [-0.2, 0) is 0 Å². The van der Waals surface area contributed by atoms with Crippen LogP contribution in [0.2, 0.25) is 0 Å². The quantitative estimate of drug-likeness (QED) is 0.447. The topological polar surface area (TPSA) is 15.3 Å². The lowest BCUT2D eigenvalue weighted by Gasteiger charge is -2.24. The van der Waals surface area contributed by atoms with Crippen molar-refractivity contribution in [2.24, 2.45) is 0 Å². The molecule has 0 unspecified atom stereocenters. The maximum atomic E-state index is 4.29. The van der Waals surface area contributed by atoms with E-state index >= 15 is 0 Å². The van der Waals surface area contributed by atoms with Gasteiger partial charge in [-0.2, -0.15) is 0 Å². The molecular formula is C18H36N2. The van der Waals surface area contributed by atoms with Crippen LogP contribution in [-0.4, -0.2) is 36.6 Å². The summed E-state index contributed by atoms with van der Waals surface area (Å²) in [5.74, 6) is 0. The monoisotopic (exact) mass is 280 g/mol. The van der Waals surface area contributed by atoms with Crippen molar-refractivity contribution in [3.05, 3.63) is 12.2 Å². The lowest BCUT2D eigenvalue weighted by Crippen LogP contribution is -2.41. The lowest BCUT2D eigenvalue weighted by atomic mass is 10.1. The fourth-order valence-corrected chi connectivity index (χ4v) is 3.20. The predicted octanol–water partition coefficient (Wildman–Crippen LogP) is 4.37. The van der Waals surface area contributed by atoms with E-state index in [4.69, 9.17) is 0 Å². The van der Waals surface area contributed by atoms with E-state index in [-0.39, 0.29) is 0 Å². The van der Waals surface area contributed by atoms with Crippen molar-refractivity contribution >= 4 is 0 Å². The van der Waals surface area contributed by atoms with Gasteiger partial charge in [-0.15, -0.1) is 0 Å². The van der Waals surface area contributed by atoms with Crippen LogP contribution in [0.3, 0.4) is 0 Å². The Balaban J connectivity index is 2.22. The number of nitrogens with one attached hydrogen (secondary N) is 1. The lowest BCUT2D eigenvalue weighted by molar-refractivity contribution is 0.244. The molecule has 1 saturated heterocycles. The number of rotatable bonds is 11. The molecule has 1 aliphatic heterocycles. The molecule has 0 bridgehead atoms. The Morgan fingerprint density at radius 2 is 1.70 bits per heavy atom. The first-order valence-corrected chi connectivity index (χ1v) is 8.85.